The van der Waals surface area contributed by atoms with E-state index in [0.717, 1.165) is 11.1 Å². The van der Waals surface area contributed by atoms with Crippen LogP contribution < -0.4 is 16.0 Å². The highest BCUT2D eigenvalue weighted by molar-refractivity contribution is 6.51. The summed E-state index contributed by atoms with van der Waals surface area (Å²) in [6.07, 6.45) is 2.55. The summed E-state index contributed by atoms with van der Waals surface area (Å²) in [5.74, 6) is -3.94. The standard InChI is InChI=1S/C31H40Cl2N4O6/c1-6-10-21(25(38)27(40)34-13-7-2)35-26(39)24-22-20(31(22,32)33)16-37(24)28(41)23(36-29(42)43-30(3,4)5)19-14-17-11-8-9-12-18(17)15-19/h7-9,11-12,19-24H,2,6,10,13-16H2,1,3-5H3,(H,34,40)(H,35,39)(H,36,42)/t20?,21?,22-,23-,24-/m0/s1. The van der Waals surface area contributed by atoms with Gasteiger partial charge >= 0.3 is 6.09 Å². The molecule has 2 unspecified atom stereocenters. The van der Waals surface area contributed by atoms with Gasteiger partial charge in [0.2, 0.25) is 17.6 Å². The lowest BCUT2D eigenvalue weighted by Gasteiger charge is -2.35. The molecule has 234 valence electrons. The number of carbonyl (C=O) groups is 5. The van der Waals surface area contributed by atoms with Crippen molar-refractivity contribution in [1.82, 2.24) is 20.9 Å². The first-order chi connectivity index (χ1) is 20.2. The van der Waals surface area contributed by atoms with E-state index in [4.69, 9.17) is 27.9 Å². The van der Waals surface area contributed by atoms with Crippen molar-refractivity contribution in [1.29, 1.82) is 0 Å². The molecule has 2 aliphatic carbocycles. The third kappa shape index (κ3) is 7.17. The van der Waals surface area contributed by atoms with Gasteiger partial charge in [0, 0.05) is 24.9 Å². The second-order valence-electron chi connectivity index (χ2n) is 12.5. The molecule has 10 nitrogen and oxygen atoms in total. The number of benzene rings is 1. The predicted octanol–water partition coefficient (Wildman–Crippen LogP) is 3.08. The highest BCUT2D eigenvalue weighted by Gasteiger charge is 2.74. The van der Waals surface area contributed by atoms with Gasteiger partial charge in [0.25, 0.3) is 5.91 Å². The fourth-order valence-electron chi connectivity index (χ4n) is 6.18. The predicted molar refractivity (Wildman–Crippen MR) is 162 cm³/mol. The van der Waals surface area contributed by atoms with Crippen LogP contribution in [0.4, 0.5) is 4.79 Å². The topological polar surface area (TPSA) is 134 Å². The number of piperidine rings is 1. The first-order valence-electron chi connectivity index (χ1n) is 14.7. The Bertz CT molecular complexity index is 1270. The van der Waals surface area contributed by atoms with E-state index < -0.39 is 63.6 Å². The fourth-order valence-corrected chi connectivity index (χ4v) is 7.01. The summed E-state index contributed by atoms with van der Waals surface area (Å²) in [4.78, 5) is 67.7. The second kappa shape index (κ2) is 12.9. The number of nitrogens with zero attached hydrogens (tertiary/aromatic N) is 1. The SMILES string of the molecule is C=CCNC(=O)C(=O)C(CCC)NC(=O)[C@@H]1[C@@H]2C(CN1C(=O)[C@@H](NC(=O)OC(C)(C)C)C1Cc3ccccc3C1)C2(Cl)Cl. The lowest BCUT2D eigenvalue weighted by atomic mass is 9.94. The number of ketones is 1. The van der Waals surface area contributed by atoms with Crippen molar-refractivity contribution in [3.63, 3.8) is 0 Å². The Kier molecular flexibility index (Phi) is 9.81. The molecular formula is C31H40Cl2N4O6. The van der Waals surface area contributed by atoms with Crippen molar-refractivity contribution in [3.8, 4) is 0 Å². The highest BCUT2D eigenvalue weighted by atomic mass is 35.5. The van der Waals surface area contributed by atoms with Crippen molar-refractivity contribution < 1.29 is 28.7 Å². The summed E-state index contributed by atoms with van der Waals surface area (Å²) in [6.45, 7) is 10.7. The maximum Gasteiger partial charge on any atom is 0.408 e. The Morgan fingerprint density at radius 1 is 1.12 bits per heavy atom. The zero-order valence-electron chi connectivity index (χ0n) is 25.0. The average molecular weight is 636 g/mol. The number of hydrogen-bond donors (Lipinski definition) is 3. The largest absolute Gasteiger partial charge is 0.444 e. The zero-order chi connectivity index (χ0) is 31.7. The Hall–Kier alpha value is -3.11. The number of likely N-dealkylation sites (tertiary alicyclic amines) is 1. The molecule has 43 heavy (non-hydrogen) atoms. The molecular weight excluding hydrogens is 595 g/mol. The molecule has 3 N–H and O–H groups in total. The van der Waals surface area contributed by atoms with Crippen molar-refractivity contribution >= 4 is 52.8 Å². The number of fused-ring (bicyclic) bond motifs is 2. The van der Waals surface area contributed by atoms with Crippen molar-refractivity contribution in [2.75, 3.05) is 13.1 Å². The number of Topliss-reactive ketones (excluding diaryl/α,β-unsaturated/α-hetero) is 1. The van der Waals surface area contributed by atoms with Gasteiger partial charge in [0.05, 0.1) is 6.04 Å². The van der Waals surface area contributed by atoms with E-state index >= 15 is 0 Å². The van der Waals surface area contributed by atoms with Gasteiger partial charge in [-0.05, 0) is 57.1 Å². The van der Waals surface area contributed by atoms with Crippen LogP contribution in [-0.4, -0.2) is 75.6 Å². The lowest BCUT2D eigenvalue weighted by molar-refractivity contribution is -0.144. The van der Waals surface area contributed by atoms with Crippen molar-refractivity contribution in [3.05, 3.63) is 48.0 Å². The number of ether oxygens (including phenoxy) is 1. The molecule has 3 aliphatic rings. The fraction of sp³-hybridized carbons (Fsp3) is 0.581. The Balaban J connectivity index is 1.59. The van der Waals surface area contributed by atoms with Gasteiger partial charge in [0.15, 0.2) is 0 Å². The first-order valence-corrected chi connectivity index (χ1v) is 15.4. The number of alkyl halides is 2. The van der Waals surface area contributed by atoms with Crippen LogP contribution >= 0.6 is 23.2 Å². The van der Waals surface area contributed by atoms with E-state index in [2.05, 4.69) is 22.5 Å². The van der Waals surface area contributed by atoms with Crippen LogP contribution in [0.2, 0.25) is 0 Å². The maximum absolute atomic E-state index is 14.3. The first kappa shape index (κ1) is 32.8. The molecule has 0 radical (unpaired) electrons. The lowest BCUT2D eigenvalue weighted by Crippen LogP contribution is -2.60. The third-order valence-corrected chi connectivity index (χ3v) is 9.28. The van der Waals surface area contributed by atoms with E-state index in [-0.39, 0.29) is 31.3 Å². The van der Waals surface area contributed by atoms with Gasteiger partial charge in [-0.1, -0.05) is 43.7 Å². The normalized spacial score (nSPS) is 23.3. The van der Waals surface area contributed by atoms with Crippen LogP contribution in [0.5, 0.6) is 0 Å². The van der Waals surface area contributed by atoms with Gasteiger partial charge in [-0.2, -0.15) is 0 Å². The van der Waals surface area contributed by atoms with Gasteiger partial charge in [-0.3, -0.25) is 19.2 Å². The number of nitrogens with one attached hydrogen (secondary N) is 3. The number of rotatable bonds is 11. The average Bonchev–Trinajstić information content (AvgIpc) is 3.30. The Labute approximate surface area is 262 Å². The summed E-state index contributed by atoms with van der Waals surface area (Å²) >= 11 is 13.1. The molecule has 1 aliphatic heterocycles. The van der Waals surface area contributed by atoms with Gasteiger partial charge in [-0.15, -0.1) is 29.8 Å². The molecule has 0 spiro atoms. The molecule has 4 rings (SSSR count). The van der Waals surface area contributed by atoms with E-state index in [1.165, 1.54) is 11.0 Å². The minimum Gasteiger partial charge on any atom is -0.444 e. The van der Waals surface area contributed by atoms with E-state index in [9.17, 15) is 24.0 Å². The second-order valence-corrected chi connectivity index (χ2v) is 14.0. The number of amides is 4. The van der Waals surface area contributed by atoms with Crippen molar-refractivity contribution in [2.24, 2.45) is 17.8 Å². The molecule has 1 aromatic rings. The van der Waals surface area contributed by atoms with E-state index in [0.29, 0.717) is 19.3 Å². The number of alkyl carbamates (subject to hydrolysis) is 1. The van der Waals surface area contributed by atoms with Gasteiger partial charge in [-0.25, -0.2) is 4.79 Å². The highest BCUT2D eigenvalue weighted by Crippen LogP contribution is 2.65. The molecule has 1 heterocycles. The van der Waals surface area contributed by atoms with Crippen LogP contribution in [0.1, 0.15) is 51.7 Å². The minimum absolute atomic E-state index is 0.101. The molecule has 1 saturated carbocycles. The van der Waals surface area contributed by atoms with Crippen LogP contribution in [0.3, 0.4) is 0 Å². The molecule has 0 aromatic heterocycles. The molecule has 0 bridgehead atoms. The molecule has 5 atom stereocenters. The Morgan fingerprint density at radius 3 is 2.30 bits per heavy atom. The summed E-state index contributed by atoms with van der Waals surface area (Å²) in [5, 5.41) is 7.92. The number of carbonyl (C=O) groups excluding carboxylic acids is 5. The quantitative estimate of drug-likeness (QED) is 0.195. The minimum atomic E-state index is -1.22. The van der Waals surface area contributed by atoms with E-state index in [1.807, 2.05) is 31.2 Å². The van der Waals surface area contributed by atoms with E-state index in [1.54, 1.807) is 20.8 Å². The zero-order valence-corrected chi connectivity index (χ0v) is 26.5. The van der Waals surface area contributed by atoms with Gasteiger partial charge < -0.3 is 25.6 Å². The smallest absolute Gasteiger partial charge is 0.408 e. The third-order valence-electron chi connectivity index (χ3n) is 8.22. The van der Waals surface area contributed by atoms with Crippen LogP contribution in [0.25, 0.3) is 0 Å². The van der Waals surface area contributed by atoms with Crippen LogP contribution in [-0.2, 0) is 36.8 Å². The van der Waals surface area contributed by atoms with Crippen LogP contribution in [0.15, 0.2) is 36.9 Å². The summed E-state index contributed by atoms with van der Waals surface area (Å²) in [7, 11) is 0. The Morgan fingerprint density at radius 2 is 1.74 bits per heavy atom. The number of hydrogen-bond acceptors (Lipinski definition) is 6. The monoisotopic (exact) mass is 634 g/mol. The molecule has 1 aromatic carbocycles. The van der Waals surface area contributed by atoms with Crippen LogP contribution in [0, 0.1) is 17.8 Å². The molecule has 4 amide bonds. The summed E-state index contributed by atoms with van der Waals surface area (Å²) in [5.41, 5.74) is 1.39. The molecule has 2 fully saturated rings. The molecule has 1 saturated heterocycles. The molecule has 12 heteroatoms. The van der Waals surface area contributed by atoms with Crippen molar-refractivity contribution in [2.45, 2.75) is 81.4 Å². The summed E-state index contributed by atoms with van der Waals surface area (Å²) < 4.78 is 4.27. The maximum atomic E-state index is 14.3. The summed E-state index contributed by atoms with van der Waals surface area (Å²) in [6, 6.07) is 4.67. The van der Waals surface area contributed by atoms with Gasteiger partial charge in [0.1, 0.15) is 22.0 Å². The number of halogens is 2.